The summed E-state index contributed by atoms with van der Waals surface area (Å²) in [7, 11) is 0. The zero-order chi connectivity index (χ0) is 14.9. The third-order valence-electron chi connectivity index (χ3n) is 4.48. The molecule has 2 atom stereocenters. The monoisotopic (exact) mass is 278 g/mol. The van der Waals surface area contributed by atoms with Crippen molar-refractivity contribution in [3.05, 3.63) is 35.1 Å². The second kappa shape index (κ2) is 5.82. The van der Waals surface area contributed by atoms with Crippen molar-refractivity contribution in [2.45, 2.75) is 46.7 Å². The number of benzene rings is 1. The highest BCUT2D eigenvalue weighted by atomic mass is 19.1. The predicted molar refractivity (Wildman–Crippen MR) is 82.4 cm³/mol. The first-order valence-corrected chi connectivity index (χ1v) is 7.52. The van der Waals surface area contributed by atoms with Crippen LogP contribution >= 0.6 is 0 Å². The average molecular weight is 278 g/mol. The lowest BCUT2D eigenvalue weighted by atomic mass is 9.85. The van der Waals surface area contributed by atoms with E-state index in [0.717, 1.165) is 25.2 Å². The molecule has 0 aliphatic carbocycles. The normalized spacial score (nSPS) is 22.8. The fraction of sp³-hybridized carbons (Fsp3) is 0.647. The standard InChI is InChI=1S/C17H27FN2/c1-12-6-7-14(10-15(12)18)13(2)20-9-8-19-16(11-20)17(3,4)5/h6-7,10,13,16,19H,8-9,11H2,1-5H3. The van der Waals surface area contributed by atoms with Crippen molar-refractivity contribution in [2.24, 2.45) is 5.41 Å². The van der Waals surface area contributed by atoms with Gasteiger partial charge in [-0.1, -0.05) is 32.9 Å². The van der Waals surface area contributed by atoms with Crippen molar-refractivity contribution < 1.29 is 4.39 Å². The lowest BCUT2D eigenvalue weighted by Crippen LogP contribution is -2.56. The average Bonchev–Trinajstić information content (AvgIpc) is 2.40. The fourth-order valence-electron chi connectivity index (χ4n) is 2.78. The van der Waals surface area contributed by atoms with Crippen molar-refractivity contribution >= 4 is 0 Å². The van der Waals surface area contributed by atoms with Crippen LogP contribution in [0.3, 0.4) is 0 Å². The Bertz CT molecular complexity index is 465. The molecule has 112 valence electrons. The Balaban J connectivity index is 2.12. The van der Waals surface area contributed by atoms with Crippen LogP contribution in [-0.2, 0) is 0 Å². The molecule has 2 nitrogen and oxygen atoms in total. The van der Waals surface area contributed by atoms with E-state index in [2.05, 4.69) is 44.0 Å². The Morgan fingerprint density at radius 3 is 2.65 bits per heavy atom. The molecule has 1 fully saturated rings. The van der Waals surface area contributed by atoms with Gasteiger partial charge in [-0.15, -0.1) is 0 Å². The first-order valence-electron chi connectivity index (χ1n) is 7.52. The van der Waals surface area contributed by atoms with Crippen molar-refractivity contribution in [3.8, 4) is 0 Å². The van der Waals surface area contributed by atoms with Gasteiger partial charge in [-0.25, -0.2) is 4.39 Å². The van der Waals surface area contributed by atoms with Gasteiger partial charge in [0, 0.05) is 31.7 Å². The highest BCUT2D eigenvalue weighted by Gasteiger charge is 2.31. The summed E-state index contributed by atoms with van der Waals surface area (Å²) in [5.41, 5.74) is 2.04. The van der Waals surface area contributed by atoms with Crippen LogP contribution < -0.4 is 5.32 Å². The van der Waals surface area contributed by atoms with E-state index in [4.69, 9.17) is 0 Å². The van der Waals surface area contributed by atoms with Gasteiger partial charge >= 0.3 is 0 Å². The minimum absolute atomic E-state index is 0.100. The van der Waals surface area contributed by atoms with Crippen molar-refractivity contribution in [1.29, 1.82) is 0 Å². The summed E-state index contributed by atoms with van der Waals surface area (Å²) in [6, 6.07) is 6.36. The van der Waals surface area contributed by atoms with Crippen LogP contribution in [0.5, 0.6) is 0 Å². The number of rotatable bonds is 2. The molecule has 1 aliphatic heterocycles. The van der Waals surface area contributed by atoms with Gasteiger partial charge in [0.05, 0.1) is 0 Å². The Hall–Kier alpha value is -0.930. The summed E-state index contributed by atoms with van der Waals surface area (Å²) in [5.74, 6) is -0.100. The molecule has 0 aromatic heterocycles. The van der Waals surface area contributed by atoms with Gasteiger partial charge in [0.25, 0.3) is 0 Å². The minimum atomic E-state index is -0.100. The molecule has 2 unspecified atom stereocenters. The molecule has 1 aliphatic rings. The van der Waals surface area contributed by atoms with Gasteiger partial charge in [0.1, 0.15) is 5.82 Å². The van der Waals surface area contributed by atoms with Crippen LogP contribution in [-0.4, -0.2) is 30.6 Å². The Morgan fingerprint density at radius 1 is 1.35 bits per heavy atom. The molecule has 0 bridgehead atoms. The van der Waals surface area contributed by atoms with Crippen LogP contribution in [0.4, 0.5) is 4.39 Å². The lowest BCUT2D eigenvalue weighted by molar-refractivity contribution is 0.104. The largest absolute Gasteiger partial charge is 0.311 e. The van der Waals surface area contributed by atoms with E-state index in [9.17, 15) is 4.39 Å². The van der Waals surface area contributed by atoms with E-state index in [1.807, 2.05) is 13.0 Å². The topological polar surface area (TPSA) is 15.3 Å². The Labute approximate surface area is 122 Å². The quantitative estimate of drug-likeness (QED) is 0.890. The molecule has 1 heterocycles. The highest BCUT2D eigenvalue weighted by molar-refractivity contribution is 5.25. The van der Waals surface area contributed by atoms with E-state index in [1.165, 1.54) is 0 Å². The lowest BCUT2D eigenvalue weighted by Gasteiger charge is -2.43. The number of hydrogen-bond acceptors (Lipinski definition) is 2. The summed E-state index contributed by atoms with van der Waals surface area (Å²) < 4.78 is 13.7. The number of halogens is 1. The maximum atomic E-state index is 13.7. The molecule has 0 saturated carbocycles. The number of aryl methyl sites for hydroxylation is 1. The SMILES string of the molecule is Cc1ccc(C(C)N2CCNC(C(C)(C)C)C2)cc1F. The van der Waals surface area contributed by atoms with Gasteiger partial charge in [0.2, 0.25) is 0 Å². The third kappa shape index (κ3) is 3.39. The molecule has 1 aromatic rings. The zero-order valence-corrected chi connectivity index (χ0v) is 13.3. The van der Waals surface area contributed by atoms with Gasteiger partial charge < -0.3 is 5.32 Å². The van der Waals surface area contributed by atoms with Crippen molar-refractivity contribution in [1.82, 2.24) is 10.2 Å². The second-order valence-electron chi connectivity index (χ2n) is 7.05. The van der Waals surface area contributed by atoms with E-state index in [1.54, 1.807) is 6.07 Å². The predicted octanol–water partition coefficient (Wildman–Crippen LogP) is 3.52. The summed E-state index contributed by atoms with van der Waals surface area (Å²) in [4.78, 5) is 2.45. The van der Waals surface area contributed by atoms with E-state index in [-0.39, 0.29) is 17.3 Å². The van der Waals surface area contributed by atoms with Gasteiger partial charge in [-0.3, -0.25) is 4.90 Å². The molecule has 1 N–H and O–H groups in total. The summed E-state index contributed by atoms with van der Waals surface area (Å²) >= 11 is 0. The summed E-state index contributed by atoms with van der Waals surface area (Å²) in [6.45, 7) is 13.8. The Morgan fingerprint density at radius 2 is 2.05 bits per heavy atom. The molecule has 20 heavy (non-hydrogen) atoms. The first-order chi connectivity index (χ1) is 9.29. The summed E-state index contributed by atoms with van der Waals surface area (Å²) in [5, 5.41) is 3.60. The number of hydrogen-bond donors (Lipinski definition) is 1. The molecule has 0 amide bonds. The minimum Gasteiger partial charge on any atom is -0.311 e. The van der Waals surface area contributed by atoms with Crippen molar-refractivity contribution in [3.63, 3.8) is 0 Å². The van der Waals surface area contributed by atoms with E-state index < -0.39 is 0 Å². The molecule has 0 radical (unpaired) electrons. The highest BCUT2D eigenvalue weighted by Crippen LogP contribution is 2.27. The molecule has 3 heteroatoms. The maximum absolute atomic E-state index is 13.7. The smallest absolute Gasteiger partial charge is 0.126 e. The van der Waals surface area contributed by atoms with Gasteiger partial charge in [-0.05, 0) is 36.5 Å². The number of nitrogens with zero attached hydrogens (tertiary/aromatic N) is 1. The maximum Gasteiger partial charge on any atom is 0.126 e. The van der Waals surface area contributed by atoms with Crippen LogP contribution in [0.15, 0.2) is 18.2 Å². The van der Waals surface area contributed by atoms with Crippen molar-refractivity contribution in [2.75, 3.05) is 19.6 Å². The summed E-state index contributed by atoms with van der Waals surface area (Å²) in [6.07, 6.45) is 0. The second-order valence-corrected chi connectivity index (χ2v) is 7.05. The third-order valence-corrected chi connectivity index (χ3v) is 4.48. The van der Waals surface area contributed by atoms with Crippen LogP contribution in [0.1, 0.15) is 44.9 Å². The van der Waals surface area contributed by atoms with Gasteiger partial charge in [0.15, 0.2) is 0 Å². The number of piperazine rings is 1. The van der Waals surface area contributed by atoms with E-state index in [0.29, 0.717) is 11.6 Å². The molecule has 2 rings (SSSR count). The van der Waals surface area contributed by atoms with E-state index >= 15 is 0 Å². The molecular formula is C17H27FN2. The van der Waals surface area contributed by atoms with Gasteiger partial charge in [-0.2, -0.15) is 0 Å². The first kappa shape index (κ1) is 15.5. The molecule has 1 aromatic carbocycles. The zero-order valence-electron chi connectivity index (χ0n) is 13.3. The fourth-order valence-corrected chi connectivity index (χ4v) is 2.78. The molecule has 1 saturated heterocycles. The van der Waals surface area contributed by atoms with Crippen LogP contribution in [0, 0.1) is 18.2 Å². The Kier molecular flexibility index (Phi) is 4.50. The molecular weight excluding hydrogens is 251 g/mol. The van der Waals surface area contributed by atoms with Crippen LogP contribution in [0.2, 0.25) is 0 Å². The van der Waals surface area contributed by atoms with Crippen LogP contribution in [0.25, 0.3) is 0 Å². The molecule has 0 spiro atoms. The number of nitrogens with one attached hydrogen (secondary N) is 1.